The van der Waals surface area contributed by atoms with Crippen LogP contribution in [0.2, 0.25) is 0 Å². The maximum Gasteiger partial charge on any atom is 0.0760 e. The molecular formula is C14H26O. The van der Waals surface area contributed by atoms with E-state index in [1.54, 1.807) is 0 Å². The number of rotatable bonds is 4. The highest BCUT2D eigenvalue weighted by Gasteiger charge is 2.08. The van der Waals surface area contributed by atoms with Crippen LogP contribution in [0.3, 0.4) is 0 Å². The number of aliphatic hydroxyl groups excluding tert-OH is 1. The van der Waals surface area contributed by atoms with E-state index in [9.17, 15) is 5.11 Å². The molecular weight excluding hydrogens is 184 g/mol. The molecule has 0 saturated carbocycles. The zero-order valence-electron chi connectivity index (χ0n) is 11.1. The first-order valence-corrected chi connectivity index (χ1v) is 5.69. The molecule has 0 fully saturated rings. The molecule has 0 heterocycles. The molecule has 0 aliphatic heterocycles. The first-order valence-electron chi connectivity index (χ1n) is 5.69. The molecule has 1 atom stereocenters. The monoisotopic (exact) mass is 210 g/mol. The molecule has 88 valence electrons. The van der Waals surface area contributed by atoms with Crippen LogP contribution in [0, 0.1) is 5.41 Å². The zero-order chi connectivity index (χ0) is 12.1. The van der Waals surface area contributed by atoms with Gasteiger partial charge in [0.1, 0.15) is 0 Å². The Morgan fingerprint density at radius 3 is 2.13 bits per heavy atom. The molecule has 0 amide bonds. The Morgan fingerprint density at radius 1 is 1.20 bits per heavy atom. The van der Waals surface area contributed by atoms with E-state index in [0.29, 0.717) is 5.41 Å². The van der Waals surface area contributed by atoms with Crippen molar-refractivity contribution in [3.05, 3.63) is 23.3 Å². The van der Waals surface area contributed by atoms with Crippen molar-refractivity contribution in [1.29, 1.82) is 0 Å². The smallest absolute Gasteiger partial charge is 0.0760 e. The van der Waals surface area contributed by atoms with Crippen LogP contribution in [-0.2, 0) is 0 Å². The number of aliphatic hydroxyl groups is 1. The van der Waals surface area contributed by atoms with Crippen molar-refractivity contribution in [2.24, 2.45) is 5.41 Å². The van der Waals surface area contributed by atoms with E-state index in [1.165, 1.54) is 11.1 Å². The molecule has 0 aromatic carbocycles. The standard InChI is InChI=1S/C14H26O/c1-11(2)9-13(15)10-12(3)7-8-14(4,5)6/h7,9,13,15H,8,10H2,1-6H3/b12-7+. The van der Waals surface area contributed by atoms with Gasteiger partial charge in [-0.3, -0.25) is 0 Å². The van der Waals surface area contributed by atoms with E-state index in [0.717, 1.165) is 12.8 Å². The highest BCUT2D eigenvalue weighted by molar-refractivity contribution is 5.07. The Kier molecular flexibility index (Phi) is 5.89. The van der Waals surface area contributed by atoms with Gasteiger partial charge in [-0.05, 0) is 39.0 Å². The summed E-state index contributed by atoms with van der Waals surface area (Å²) in [6, 6.07) is 0. The Bertz CT molecular complexity index is 237. The maximum absolute atomic E-state index is 9.70. The van der Waals surface area contributed by atoms with Crippen molar-refractivity contribution in [2.75, 3.05) is 0 Å². The van der Waals surface area contributed by atoms with Gasteiger partial charge in [-0.15, -0.1) is 0 Å². The van der Waals surface area contributed by atoms with E-state index in [1.807, 2.05) is 19.9 Å². The second-order valence-corrected chi connectivity index (χ2v) is 5.83. The van der Waals surface area contributed by atoms with Gasteiger partial charge in [0, 0.05) is 0 Å². The molecule has 1 heteroatoms. The van der Waals surface area contributed by atoms with Gasteiger partial charge in [-0.2, -0.15) is 0 Å². The van der Waals surface area contributed by atoms with Crippen molar-refractivity contribution >= 4 is 0 Å². The summed E-state index contributed by atoms with van der Waals surface area (Å²) in [7, 11) is 0. The molecule has 0 saturated heterocycles. The fourth-order valence-electron chi connectivity index (χ4n) is 1.34. The normalized spacial score (nSPS) is 15.0. The van der Waals surface area contributed by atoms with Crippen LogP contribution >= 0.6 is 0 Å². The molecule has 15 heavy (non-hydrogen) atoms. The van der Waals surface area contributed by atoms with E-state index >= 15 is 0 Å². The summed E-state index contributed by atoms with van der Waals surface area (Å²) >= 11 is 0. The highest BCUT2D eigenvalue weighted by Crippen LogP contribution is 2.21. The van der Waals surface area contributed by atoms with E-state index < -0.39 is 0 Å². The SMILES string of the molecule is CC(C)=CC(O)C/C(C)=C/CC(C)(C)C. The maximum atomic E-state index is 9.70. The minimum Gasteiger partial charge on any atom is -0.389 e. The first-order chi connectivity index (χ1) is 6.70. The quantitative estimate of drug-likeness (QED) is 0.693. The summed E-state index contributed by atoms with van der Waals surface area (Å²) in [5, 5.41) is 9.70. The molecule has 0 radical (unpaired) electrons. The van der Waals surface area contributed by atoms with Gasteiger partial charge in [0.2, 0.25) is 0 Å². The largest absolute Gasteiger partial charge is 0.389 e. The molecule has 0 aliphatic carbocycles. The lowest BCUT2D eigenvalue weighted by molar-refractivity contribution is 0.222. The lowest BCUT2D eigenvalue weighted by Crippen LogP contribution is -2.05. The third-order valence-electron chi connectivity index (χ3n) is 2.12. The van der Waals surface area contributed by atoms with Crippen molar-refractivity contribution in [3.63, 3.8) is 0 Å². The Labute approximate surface area is 94.9 Å². The number of allylic oxidation sites excluding steroid dienone is 2. The van der Waals surface area contributed by atoms with Crippen LogP contribution in [-0.4, -0.2) is 11.2 Å². The third-order valence-corrected chi connectivity index (χ3v) is 2.12. The van der Waals surface area contributed by atoms with Crippen LogP contribution in [0.15, 0.2) is 23.3 Å². The topological polar surface area (TPSA) is 20.2 Å². The summed E-state index contributed by atoms with van der Waals surface area (Å²) in [4.78, 5) is 0. The van der Waals surface area contributed by atoms with Crippen molar-refractivity contribution < 1.29 is 5.11 Å². The fraction of sp³-hybridized carbons (Fsp3) is 0.714. The summed E-state index contributed by atoms with van der Waals surface area (Å²) in [6.07, 6.45) is 5.64. The van der Waals surface area contributed by atoms with Crippen LogP contribution in [0.5, 0.6) is 0 Å². The summed E-state index contributed by atoms with van der Waals surface area (Å²) in [5.74, 6) is 0. The number of hydrogen-bond acceptors (Lipinski definition) is 1. The molecule has 1 nitrogen and oxygen atoms in total. The number of hydrogen-bond donors (Lipinski definition) is 1. The van der Waals surface area contributed by atoms with Crippen molar-refractivity contribution in [1.82, 2.24) is 0 Å². The van der Waals surface area contributed by atoms with Crippen LogP contribution in [0.4, 0.5) is 0 Å². The van der Waals surface area contributed by atoms with E-state index in [-0.39, 0.29) is 6.10 Å². The third kappa shape index (κ3) is 9.74. The van der Waals surface area contributed by atoms with Gasteiger partial charge < -0.3 is 5.11 Å². The second kappa shape index (κ2) is 6.12. The van der Waals surface area contributed by atoms with Gasteiger partial charge in [-0.1, -0.05) is 44.1 Å². The summed E-state index contributed by atoms with van der Waals surface area (Å²) in [6.45, 7) is 12.8. The van der Waals surface area contributed by atoms with Gasteiger partial charge in [0.05, 0.1) is 6.10 Å². The molecule has 1 N–H and O–H groups in total. The van der Waals surface area contributed by atoms with Crippen LogP contribution < -0.4 is 0 Å². The summed E-state index contributed by atoms with van der Waals surface area (Å²) < 4.78 is 0. The predicted molar refractivity (Wildman–Crippen MR) is 67.9 cm³/mol. The fourth-order valence-corrected chi connectivity index (χ4v) is 1.34. The Morgan fingerprint density at radius 2 is 1.73 bits per heavy atom. The first kappa shape index (κ1) is 14.4. The van der Waals surface area contributed by atoms with Gasteiger partial charge >= 0.3 is 0 Å². The van der Waals surface area contributed by atoms with Crippen LogP contribution in [0.1, 0.15) is 54.4 Å². The summed E-state index contributed by atoms with van der Waals surface area (Å²) in [5.41, 5.74) is 2.78. The molecule has 0 bridgehead atoms. The molecule has 0 aromatic heterocycles. The lowest BCUT2D eigenvalue weighted by Gasteiger charge is -2.16. The zero-order valence-corrected chi connectivity index (χ0v) is 11.1. The van der Waals surface area contributed by atoms with Crippen molar-refractivity contribution in [3.8, 4) is 0 Å². The highest BCUT2D eigenvalue weighted by atomic mass is 16.3. The van der Waals surface area contributed by atoms with Gasteiger partial charge in [0.15, 0.2) is 0 Å². The minimum absolute atomic E-state index is 0.328. The van der Waals surface area contributed by atoms with E-state index in [2.05, 4.69) is 33.8 Å². The average Bonchev–Trinajstić information content (AvgIpc) is 1.97. The van der Waals surface area contributed by atoms with Gasteiger partial charge in [0.25, 0.3) is 0 Å². The van der Waals surface area contributed by atoms with Crippen LogP contribution in [0.25, 0.3) is 0 Å². The molecule has 0 aliphatic rings. The lowest BCUT2D eigenvalue weighted by atomic mass is 9.91. The van der Waals surface area contributed by atoms with E-state index in [4.69, 9.17) is 0 Å². The molecule has 0 rings (SSSR count). The average molecular weight is 210 g/mol. The minimum atomic E-state index is -0.328. The Balaban J connectivity index is 4.13. The molecule has 0 aromatic rings. The molecule has 1 unspecified atom stereocenters. The molecule has 0 spiro atoms. The van der Waals surface area contributed by atoms with Gasteiger partial charge in [-0.25, -0.2) is 0 Å². The van der Waals surface area contributed by atoms with Crippen molar-refractivity contribution in [2.45, 2.75) is 60.5 Å². The Hall–Kier alpha value is -0.560. The second-order valence-electron chi connectivity index (χ2n) is 5.83. The predicted octanol–water partition coefficient (Wildman–Crippen LogP) is 4.09.